The summed E-state index contributed by atoms with van der Waals surface area (Å²) in [6.07, 6.45) is 0. The number of rotatable bonds is 4. The van der Waals surface area contributed by atoms with Crippen molar-refractivity contribution in [2.24, 2.45) is 5.73 Å². The van der Waals surface area contributed by atoms with Gasteiger partial charge in [0.15, 0.2) is 0 Å². The zero-order chi connectivity index (χ0) is 14.0. The molecule has 0 unspecified atom stereocenters. The quantitative estimate of drug-likeness (QED) is 0.911. The number of carbonyl (C=O) groups is 1. The Morgan fingerprint density at radius 2 is 2.26 bits per heavy atom. The van der Waals surface area contributed by atoms with Crippen LogP contribution in [-0.2, 0) is 0 Å². The first-order chi connectivity index (χ1) is 8.93. The van der Waals surface area contributed by atoms with E-state index in [2.05, 4.69) is 10.3 Å². The van der Waals surface area contributed by atoms with E-state index in [0.717, 1.165) is 15.6 Å². The monoisotopic (exact) mass is 295 g/mol. The fraction of sp³-hybridized carbons (Fsp3) is 0.385. The number of amides is 1. The number of nitrogens with one attached hydrogen (secondary N) is 1. The summed E-state index contributed by atoms with van der Waals surface area (Å²) in [6.45, 7) is 6.06. The third kappa shape index (κ3) is 3.20. The maximum Gasteiger partial charge on any atom is 0.263 e. The standard InChI is InChI=1S/C13H17N3OS2/c1-8-10(11(17)16-13(2,3)7-14)19-12(15-8)9-5-4-6-18-9/h4-6H,7,14H2,1-3H3,(H,16,17). The van der Waals surface area contributed by atoms with Crippen molar-refractivity contribution < 1.29 is 4.79 Å². The highest BCUT2D eigenvalue weighted by molar-refractivity contribution is 7.22. The van der Waals surface area contributed by atoms with Gasteiger partial charge in [0.1, 0.15) is 9.88 Å². The molecule has 0 saturated heterocycles. The molecule has 102 valence electrons. The Kier molecular flexibility index (Phi) is 4.03. The molecule has 0 aliphatic heterocycles. The molecule has 19 heavy (non-hydrogen) atoms. The Labute approximate surface area is 120 Å². The third-order valence-electron chi connectivity index (χ3n) is 2.70. The molecule has 2 aromatic heterocycles. The normalized spacial score (nSPS) is 11.6. The molecule has 2 aromatic rings. The number of thiophene rings is 1. The summed E-state index contributed by atoms with van der Waals surface area (Å²) in [5.41, 5.74) is 5.98. The zero-order valence-corrected chi connectivity index (χ0v) is 12.8. The molecule has 0 aliphatic rings. The fourth-order valence-corrected chi connectivity index (χ4v) is 3.29. The molecular formula is C13H17N3OS2. The van der Waals surface area contributed by atoms with Crippen molar-refractivity contribution in [1.29, 1.82) is 0 Å². The molecule has 0 atom stereocenters. The highest BCUT2D eigenvalue weighted by atomic mass is 32.1. The number of carbonyl (C=O) groups excluding carboxylic acids is 1. The topological polar surface area (TPSA) is 68.0 Å². The van der Waals surface area contributed by atoms with Gasteiger partial charge in [0.05, 0.1) is 10.6 Å². The summed E-state index contributed by atoms with van der Waals surface area (Å²) in [5.74, 6) is -0.103. The minimum Gasteiger partial charge on any atom is -0.345 e. The number of hydrogen-bond donors (Lipinski definition) is 2. The smallest absolute Gasteiger partial charge is 0.263 e. The molecule has 0 aliphatic carbocycles. The molecular weight excluding hydrogens is 278 g/mol. The van der Waals surface area contributed by atoms with Crippen molar-refractivity contribution >= 4 is 28.6 Å². The molecule has 0 fully saturated rings. The first-order valence-electron chi connectivity index (χ1n) is 5.97. The van der Waals surface area contributed by atoms with Gasteiger partial charge in [-0.3, -0.25) is 4.79 Å². The van der Waals surface area contributed by atoms with Gasteiger partial charge in [-0.25, -0.2) is 4.98 Å². The van der Waals surface area contributed by atoms with Crippen molar-refractivity contribution in [3.8, 4) is 9.88 Å². The van der Waals surface area contributed by atoms with E-state index >= 15 is 0 Å². The van der Waals surface area contributed by atoms with Gasteiger partial charge >= 0.3 is 0 Å². The second kappa shape index (κ2) is 5.40. The van der Waals surface area contributed by atoms with Crippen LogP contribution in [0.1, 0.15) is 29.2 Å². The lowest BCUT2D eigenvalue weighted by Crippen LogP contribution is -2.48. The van der Waals surface area contributed by atoms with E-state index in [0.29, 0.717) is 11.4 Å². The highest BCUT2D eigenvalue weighted by Gasteiger charge is 2.23. The van der Waals surface area contributed by atoms with Crippen molar-refractivity contribution in [3.63, 3.8) is 0 Å². The molecule has 2 rings (SSSR count). The van der Waals surface area contributed by atoms with Gasteiger partial charge in [0.2, 0.25) is 0 Å². The van der Waals surface area contributed by atoms with Crippen LogP contribution in [0.5, 0.6) is 0 Å². The van der Waals surface area contributed by atoms with E-state index in [9.17, 15) is 4.79 Å². The Bertz CT molecular complexity index is 573. The molecule has 6 heteroatoms. The zero-order valence-electron chi connectivity index (χ0n) is 11.2. The summed E-state index contributed by atoms with van der Waals surface area (Å²) >= 11 is 3.05. The number of nitrogens with zero attached hydrogens (tertiary/aromatic N) is 1. The number of thiazole rings is 1. The van der Waals surface area contributed by atoms with E-state index in [1.807, 2.05) is 38.3 Å². The average Bonchev–Trinajstić information content (AvgIpc) is 2.96. The van der Waals surface area contributed by atoms with Crippen LogP contribution in [-0.4, -0.2) is 23.0 Å². The van der Waals surface area contributed by atoms with E-state index in [1.54, 1.807) is 11.3 Å². The predicted octanol–water partition coefficient (Wildman–Crippen LogP) is 2.65. The van der Waals surface area contributed by atoms with Gasteiger partial charge in [-0.1, -0.05) is 6.07 Å². The van der Waals surface area contributed by atoms with Crippen LogP contribution in [0.25, 0.3) is 9.88 Å². The van der Waals surface area contributed by atoms with Crippen LogP contribution in [0, 0.1) is 6.92 Å². The van der Waals surface area contributed by atoms with Crippen LogP contribution in [0.2, 0.25) is 0 Å². The molecule has 2 heterocycles. The lowest BCUT2D eigenvalue weighted by Gasteiger charge is -2.23. The van der Waals surface area contributed by atoms with Gasteiger partial charge in [0, 0.05) is 12.1 Å². The SMILES string of the molecule is Cc1nc(-c2cccs2)sc1C(=O)NC(C)(C)CN. The maximum absolute atomic E-state index is 12.2. The van der Waals surface area contributed by atoms with Crippen molar-refractivity contribution in [1.82, 2.24) is 10.3 Å². The summed E-state index contributed by atoms with van der Waals surface area (Å²) in [4.78, 5) is 18.4. The van der Waals surface area contributed by atoms with Gasteiger partial charge in [0.25, 0.3) is 5.91 Å². The number of nitrogens with two attached hydrogens (primary N) is 1. The second-order valence-corrected chi connectivity index (χ2v) is 6.90. The highest BCUT2D eigenvalue weighted by Crippen LogP contribution is 2.31. The predicted molar refractivity (Wildman–Crippen MR) is 80.8 cm³/mol. The van der Waals surface area contributed by atoms with Crippen LogP contribution < -0.4 is 11.1 Å². The van der Waals surface area contributed by atoms with Crippen molar-refractivity contribution in [3.05, 3.63) is 28.1 Å². The summed E-state index contributed by atoms with van der Waals surface area (Å²) in [7, 11) is 0. The van der Waals surface area contributed by atoms with Crippen molar-refractivity contribution in [2.75, 3.05) is 6.54 Å². The molecule has 3 N–H and O–H groups in total. The minimum absolute atomic E-state index is 0.103. The Morgan fingerprint density at radius 3 is 2.84 bits per heavy atom. The lowest BCUT2D eigenvalue weighted by molar-refractivity contribution is 0.0919. The number of aromatic nitrogens is 1. The first kappa shape index (κ1) is 14.2. The molecule has 0 radical (unpaired) electrons. The lowest BCUT2D eigenvalue weighted by atomic mass is 10.1. The Hall–Kier alpha value is -1.24. The van der Waals surface area contributed by atoms with Gasteiger partial charge in [-0.15, -0.1) is 22.7 Å². The van der Waals surface area contributed by atoms with Crippen LogP contribution in [0.4, 0.5) is 0 Å². The number of hydrogen-bond acceptors (Lipinski definition) is 5. The Morgan fingerprint density at radius 1 is 1.53 bits per heavy atom. The van der Waals surface area contributed by atoms with Gasteiger partial charge in [-0.2, -0.15) is 0 Å². The average molecular weight is 295 g/mol. The third-order valence-corrected chi connectivity index (χ3v) is 4.89. The van der Waals surface area contributed by atoms with Gasteiger partial charge < -0.3 is 11.1 Å². The Balaban J connectivity index is 2.24. The van der Waals surface area contributed by atoms with E-state index in [1.165, 1.54) is 11.3 Å². The summed E-state index contributed by atoms with van der Waals surface area (Å²) in [5, 5.41) is 5.83. The van der Waals surface area contributed by atoms with Crippen LogP contribution >= 0.6 is 22.7 Å². The molecule has 0 saturated carbocycles. The fourth-order valence-electron chi connectivity index (χ4n) is 1.53. The molecule has 1 amide bonds. The van der Waals surface area contributed by atoms with E-state index in [-0.39, 0.29) is 5.91 Å². The maximum atomic E-state index is 12.2. The minimum atomic E-state index is -0.406. The molecule has 0 spiro atoms. The molecule has 0 bridgehead atoms. The van der Waals surface area contributed by atoms with E-state index < -0.39 is 5.54 Å². The first-order valence-corrected chi connectivity index (χ1v) is 7.66. The summed E-state index contributed by atoms with van der Waals surface area (Å²) in [6, 6.07) is 3.99. The number of aryl methyl sites for hydroxylation is 1. The largest absolute Gasteiger partial charge is 0.345 e. The summed E-state index contributed by atoms with van der Waals surface area (Å²) < 4.78 is 0. The van der Waals surface area contributed by atoms with Crippen LogP contribution in [0.3, 0.4) is 0 Å². The van der Waals surface area contributed by atoms with Crippen LogP contribution in [0.15, 0.2) is 17.5 Å². The molecule has 4 nitrogen and oxygen atoms in total. The second-order valence-electron chi connectivity index (χ2n) is 4.95. The van der Waals surface area contributed by atoms with Gasteiger partial charge in [-0.05, 0) is 32.2 Å². The van der Waals surface area contributed by atoms with Crippen molar-refractivity contribution in [2.45, 2.75) is 26.3 Å². The molecule has 0 aromatic carbocycles. The van der Waals surface area contributed by atoms with E-state index in [4.69, 9.17) is 5.73 Å².